The topological polar surface area (TPSA) is 38.3 Å². The van der Waals surface area contributed by atoms with Crippen LogP contribution in [0.2, 0.25) is 0 Å². The van der Waals surface area contributed by atoms with Gasteiger partial charge in [0, 0.05) is 0 Å². The molecule has 3 nitrogen and oxygen atoms in total. The summed E-state index contributed by atoms with van der Waals surface area (Å²) in [6, 6.07) is 14.0. The Balaban J connectivity index is 1.70. The first-order valence-corrected chi connectivity index (χ1v) is 9.26. The van der Waals surface area contributed by atoms with Crippen LogP contribution in [0.5, 0.6) is 5.75 Å². The summed E-state index contributed by atoms with van der Waals surface area (Å²) in [5, 5.41) is 2.61. The molecule has 1 amide bonds. The number of benzene rings is 2. The maximum Gasteiger partial charge on any atom is 0.263 e. The van der Waals surface area contributed by atoms with Gasteiger partial charge in [-0.2, -0.15) is 0 Å². The molecule has 1 fully saturated rings. The monoisotopic (exact) mass is 419 g/mol. The van der Waals surface area contributed by atoms with Crippen molar-refractivity contribution < 1.29 is 9.53 Å². The quantitative estimate of drug-likeness (QED) is 0.568. The van der Waals surface area contributed by atoms with Crippen molar-refractivity contribution in [2.24, 2.45) is 0 Å². The maximum absolute atomic E-state index is 11.7. The number of hydrogen-bond donors (Lipinski definition) is 1. The van der Waals surface area contributed by atoms with E-state index in [1.807, 2.05) is 24.3 Å². The van der Waals surface area contributed by atoms with Crippen LogP contribution in [0, 0.1) is 6.92 Å². The minimum atomic E-state index is -0.152. The molecule has 3 rings (SSSR count). The van der Waals surface area contributed by atoms with E-state index < -0.39 is 0 Å². The summed E-state index contributed by atoms with van der Waals surface area (Å²) in [4.78, 5) is 12.3. The molecule has 24 heavy (non-hydrogen) atoms. The lowest BCUT2D eigenvalue weighted by Gasteiger charge is -2.09. The molecule has 0 unspecified atom stereocenters. The predicted molar refractivity (Wildman–Crippen MR) is 106 cm³/mol. The summed E-state index contributed by atoms with van der Waals surface area (Å²) >= 11 is 9.78. The normalized spacial score (nSPS) is 15.7. The number of thiocarbonyl (C=S) groups is 1. The summed E-state index contributed by atoms with van der Waals surface area (Å²) < 4.78 is 7.18. The zero-order chi connectivity index (χ0) is 17.1. The molecule has 2 aromatic carbocycles. The number of carbonyl (C=O) groups excluding carboxylic acids is 1. The molecule has 0 radical (unpaired) electrons. The average Bonchev–Trinajstić information content (AvgIpc) is 2.86. The van der Waals surface area contributed by atoms with E-state index in [1.54, 1.807) is 0 Å². The van der Waals surface area contributed by atoms with E-state index in [2.05, 4.69) is 52.4 Å². The van der Waals surface area contributed by atoms with Crippen LogP contribution in [0.25, 0.3) is 6.08 Å². The van der Waals surface area contributed by atoms with Crippen molar-refractivity contribution in [3.8, 4) is 5.75 Å². The molecule has 0 saturated carbocycles. The number of rotatable bonds is 4. The van der Waals surface area contributed by atoms with Crippen LogP contribution in [0.4, 0.5) is 0 Å². The zero-order valence-electron chi connectivity index (χ0n) is 12.8. The number of hydrogen-bond acceptors (Lipinski definition) is 4. The van der Waals surface area contributed by atoms with E-state index in [0.717, 1.165) is 21.3 Å². The van der Waals surface area contributed by atoms with Gasteiger partial charge in [-0.3, -0.25) is 4.79 Å². The second-order valence-corrected chi connectivity index (χ2v) is 7.89. The van der Waals surface area contributed by atoms with Crippen LogP contribution >= 0.6 is 39.9 Å². The molecule has 0 atom stereocenters. The maximum atomic E-state index is 11.7. The Labute approximate surface area is 158 Å². The van der Waals surface area contributed by atoms with E-state index in [9.17, 15) is 4.79 Å². The molecule has 0 aliphatic carbocycles. The van der Waals surface area contributed by atoms with Gasteiger partial charge in [0.1, 0.15) is 16.7 Å². The van der Waals surface area contributed by atoms with Crippen molar-refractivity contribution >= 4 is 56.2 Å². The fraction of sp³-hybridized carbons (Fsp3) is 0.111. The van der Waals surface area contributed by atoms with Crippen LogP contribution in [-0.2, 0) is 11.4 Å². The highest BCUT2D eigenvalue weighted by molar-refractivity contribution is 9.10. The summed E-state index contributed by atoms with van der Waals surface area (Å²) in [7, 11) is 0. The lowest BCUT2D eigenvalue weighted by molar-refractivity contribution is -0.115. The van der Waals surface area contributed by atoms with Gasteiger partial charge in [-0.1, -0.05) is 59.9 Å². The van der Waals surface area contributed by atoms with Gasteiger partial charge >= 0.3 is 0 Å². The zero-order valence-corrected chi connectivity index (χ0v) is 16.1. The lowest BCUT2D eigenvalue weighted by Crippen LogP contribution is -2.17. The Morgan fingerprint density at radius 1 is 1.25 bits per heavy atom. The van der Waals surface area contributed by atoms with Gasteiger partial charge in [0.05, 0.1) is 9.38 Å². The SMILES string of the molecule is Cc1ccc(COc2ccc(/C=C3\SC(=S)NC3=O)cc2Br)cc1. The summed E-state index contributed by atoms with van der Waals surface area (Å²) in [6.45, 7) is 2.57. The van der Waals surface area contributed by atoms with Crippen molar-refractivity contribution in [1.29, 1.82) is 0 Å². The first kappa shape index (κ1) is 17.2. The third-order valence-electron chi connectivity index (χ3n) is 3.41. The molecule has 122 valence electrons. The van der Waals surface area contributed by atoms with Crippen molar-refractivity contribution in [1.82, 2.24) is 5.32 Å². The molecule has 1 heterocycles. The molecular formula is C18H14BrNO2S2. The Morgan fingerprint density at radius 3 is 2.62 bits per heavy atom. The Morgan fingerprint density at radius 2 is 2.00 bits per heavy atom. The first-order valence-electron chi connectivity index (χ1n) is 7.24. The van der Waals surface area contributed by atoms with Gasteiger partial charge in [-0.05, 0) is 52.2 Å². The van der Waals surface area contributed by atoms with Crippen LogP contribution in [0.3, 0.4) is 0 Å². The van der Waals surface area contributed by atoms with Crippen LogP contribution < -0.4 is 10.1 Å². The number of ether oxygens (including phenoxy) is 1. The fourth-order valence-corrected chi connectivity index (χ4v) is 3.70. The molecule has 1 N–H and O–H groups in total. The van der Waals surface area contributed by atoms with Gasteiger partial charge in [-0.15, -0.1) is 0 Å². The molecule has 0 spiro atoms. The smallest absolute Gasteiger partial charge is 0.263 e. The van der Waals surface area contributed by atoms with Gasteiger partial charge in [-0.25, -0.2) is 0 Å². The third-order valence-corrected chi connectivity index (χ3v) is 5.19. The van der Waals surface area contributed by atoms with Crippen molar-refractivity contribution in [3.63, 3.8) is 0 Å². The molecule has 0 aromatic heterocycles. The summed E-state index contributed by atoms with van der Waals surface area (Å²) in [5.41, 5.74) is 3.25. The number of aryl methyl sites for hydroxylation is 1. The highest BCUT2D eigenvalue weighted by Gasteiger charge is 2.21. The minimum Gasteiger partial charge on any atom is -0.488 e. The van der Waals surface area contributed by atoms with E-state index in [0.29, 0.717) is 15.8 Å². The highest BCUT2D eigenvalue weighted by Crippen LogP contribution is 2.30. The second kappa shape index (κ2) is 7.51. The van der Waals surface area contributed by atoms with Crippen molar-refractivity contribution in [2.75, 3.05) is 0 Å². The molecule has 1 saturated heterocycles. The van der Waals surface area contributed by atoms with Crippen LogP contribution in [0.1, 0.15) is 16.7 Å². The molecule has 6 heteroatoms. The van der Waals surface area contributed by atoms with E-state index in [1.165, 1.54) is 17.3 Å². The lowest BCUT2D eigenvalue weighted by atomic mass is 10.1. The van der Waals surface area contributed by atoms with Gasteiger partial charge in [0.15, 0.2) is 0 Å². The molecule has 1 aliphatic rings. The van der Waals surface area contributed by atoms with Crippen molar-refractivity contribution in [2.45, 2.75) is 13.5 Å². The van der Waals surface area contributed by atoms with Gasteiger partial charge in [0.25, 0.3) is 5.91 Å². The number of amides is 1. The molecule has 1 aliphatic heterocycles. The Kier molecular flexibility index (Phi) is 5.38. The number of halogens is 1. The van der Waals surface area contributed by atoms with E-state index in [4.69, 9.17) is 17.0 Å². The minimum absolute atomic E-state index is 0.152. The van der Waals surface area contributed by atoms with Crippen LogP contribution in [-0.4, -0.2) is 10.2 Å². The van der Waals surface area contributed by atoms with Gasteiger partial charge < -0.3 is 10.1 Å². The fourth-order valence-electron chi connectivity index (χ4n) is 2.14. The van der Waals surface area contributed by atoms with Crippen LogP contribution in [0.15, 0.2) is 51.8 Å². The van der Waals surface area contributed by atoms with Gasteiger partial charge in [0.2, 0.25) is 0 Å². The standard InChI is InChI=1S/C18H14BrNO2S2/c1-11-2-4-12(5-3-11)10-22-15-7-6-13(8-14(15)19)9-16-17(21)20-18(23)24-16/h2-9H,10H2,1H3,(H,20,21,23)/b16-9-. The van der Waals surface area contributed by atoms with E-state index in [-0.39, 0.29) is 5.91 Å². The summed E-state index contributed by atoms with van der Waals surface area (Å²) in [6.07, 6.45) is 1.81. The summed E-state index contributed by atoms with van der Waals surface area (Å²) in [5.74, 6) is 0.609. The van der Waals surface area contributed by atoms with Crippen molar-refractivity contribution in [3.05, 3.63) is 68.5 Å². The second-order valence-electron chi connectivity index (χ2n) is 5.32. The molecular weight excluding hydrogens is 406 g/mol. The van der Waals surface area contributed by atoms with E-state index >= 15 is 0 Å². The number of thioether (sulfide) groups is 1. The average molecular weight is 420 g/mol. The Hall–Kier alpha value is -1.63. The number of carbonyl (C=O) groups is 1. The third kappa shape index (κ3) is 4.26. The first-order chi connectivity index (χ1) is 11.5. The Bertz CT molecular complexity index is 831. The highest BCUT2D eigenvalue weighted by atomic mass is 79.9. The number of nitrogens with one attached hydrogen (secondary N) is 1. The molecule has 2 aromatic rings. The molecule has 0 bridgehead atoms. The largest absolute Gasteiger partial charge is 0.488 e. The predicted octanol–water partition coefficient (Wildman–Crippen LogP) is 4.83.